The second-order valence-electron chi connectivity index (χ2n) is 14.8. The van der Waals surface area contributed by atoms with Gasteiger partial charge in [-0.05, 0) is 58.4 Å². The first kappa shape index (κ1) is 36.9. The van der Waals surface area contributed by atoms with E-state index in [0.717, 1.165) is 10.9 Å². The first-order chi connectivity index (χ1) is 20.5. The van der Waals surface area contributed by atoms with Gasteiger partial charge in [0.15, 0.2) is 0 Å². The van der Waals surface area contributed by atoms with Crippen LogP contribution in [0.5, 0.6) is 17.2 Å². The zero-order valence-corrected chi connectivity index (χ0v) is 32.3. The molecular weight excluding hydrogens is 585 g/mol. The van der Waals surface area contributed by atoms with E-state index in [-0.39, 0.29) is 30.2 Å². The molecule has 0 amide bonds. The van der Waals surface area contributed by atoms with Crippen molar-refractivity contribution in [3.05, 3.63) is 29.8 Å². The van der Waals surface area contributed by atoms with Crippen molar-refractivity contribution in [3.8, 4) is 17.2 Å². The highest BCUT2D eigenvalue weighted by Crippen LogP contribution is 2.51. The van der Waals surface area contributed by atoms with Gasteiger partial charge in [0, 0.05) is 17.4 Å². The van der Waals surface area contributed by atoms with Gasteiger partial charge in [-0.25, -0.2) is 0 Å². The van der Waals surface area contributed by atoms with Gasteiger partial charge in [-0.1, -0.05) is 89.2 Å². The van der Waals surface area contributed by atoms with Crippen molar-refractivity contribution >= 4 is 27.4 Å². The van der Waals surface area contributed by atoms with E-state index in [4.69, 9.17) is 23.1 Å². The third-order valence-corrected chi connectivity index (χ3v) is 22.9. The fourth-order valence-corrected chi connectivity index (χ4v) is 20.0. The Morgan fingerprint density at radius 1 is 0.682 bits per heavy atom. The van der Waals surface area contributed by atoms with E-state index in [1.54, 1.807) is 14.2 Å². The van der Waals surface area contributed by atoms with Gasteiger partial charge in [0.25, 0.3) is 0 Å². The van der Waals surface area contributed by atoms with Gasteiger partial charge in [-0.2, -0.15) is 0 Å². The van der Waals surface area contributed by atoms with Gasteiger partial charge in [-0.15, -0.1) is 0 Å². The molecule has 0 bridgehead atoms. The third kappa shape index (κ3) is 6.48. The fourth-order valence-electron chi connectivity index (χ4n) is 8.84. The number of phenolic OH excluding ortho intramolecular Hbond substituents is 1. The summed E-state index contributed by atoms with van der Waals surface area (Å²) in [6.07, 6.45) is -0.317. The number of benzene rings is 2. The van der Waals surface area contributed by atoms with E-state index in [1.165, 1.54) is 0 Å². The Bertz CT molecular complexity index is 1200. The molecule has 250 valence electrons. The summed E-state index contributed by atoms with van der Waals surface area (Å²) in [5.41, 5.74) is 3.40. The SMILES string of the molecule is COc1ccc(OC)c2c(O)c([C@H]3C[C@@H](O[Si](C(C)C)(C(C)C)C(C)C)[C@H](O[Si](C(C)C)(C(C)C)C(C)C)[C@@H](C)O3)ccc12. The predicted octanol–water partition coefficient (Wildman–Crippen LogP) is 10.5. The first-order valence-corrected chi connectivity index (χ1v) is 21.2. The maximum absolute atomic E-state index is 11.8. The number of ether oxygens (including phenoxy) is 3. The van der Waals surface area contributed by atoms with Gasteiger partial charge in [0.05, 0.1) is 44.0 Å². The summed E-state index contributed by atoms with van der Waals surface area (Å²) >= 11 is 0. The Morgan fingerprint density at radius 3 is 1.59 bits per heavy atom. The molecule has 1 N–H and O–H groups in total. The Labute approximate surface area is 270 Å². The quantitative estimate of drug-likeness (QED) is 0.218. The lowest BCUT2D eigenvalue weighted by Gasteiger charge is -2.53. The van der Waals surface area contributed by atoms with Crippen molar-refractivity contribution in [2.24, 2.45) is 0 Å². The molecule has 2 aromatic rings. The molecule has 0 spiro atoms. The summed E-state index contributed by atoms with van der Waals surface area (Å²) in [4.78, 5) is 0. The minimum atomic E-state index is -2.28. The standard InChI is InChI=1S/C36H62O6Si2/c1-21(2)43(22(3)4,23(5)6)41-33-20-32(40-27(13)36(33)42-44(24(7)8,25(9)10)26(11)12)29-17-16-28-30(38-14)18-19-31(39-15)34(28)35(29)37/h16-19,21-27,32-33,36-37H,20H2,1-15H3/t27-,32-,33-,36-/m1/s1. The summed E-state index contributed by atoms with van der Waals surface area (Å²) in [7, 11) is -1.26. The average molecular weight is 647 g/mol. The minimum Gasteiger partial charge on any atom is -0.507 e. The van der Waals surface area contributed by atoms with Crippen molar-refractivity contribution in [3.63, 3.8) is 0 Å². The van der Waals surface area contributed by atoms with Crippen LogP contribution in [0.25, 0.3) is 10.8 Å². The number of phenols is 1. The molecule has 4 atom stereocenters. The highest BCUT2D eigenvalue weighted by Gasteiger charge is 2.54. The van der Waals surface area contributed by atoms with E-state index in [0.29, 0.717) is 56.6 Å². The molecule has 1 saturated heterocycles. The maximum Gasteiger partial charge on any atom is 0.201 e. The van der Waals surface area contributed by atoms with E-state index in [1.807, 2.05) is 24.3 Å². The molecule has 44 heavy (non-hydrogen) atoms. The molecule has 1 aliphatic rings. The summed E-state index contributed by atoms with van der Waals surface area (Å²) in [5, 5.41) is 13.2. The Morgan fingerprint density at radius 2 is 1.14 bits per heavy atom. The van der Waals surface area contributed by atoms with Gasteiger partial charge >= 0.3 is 0 Å². The second-order valence-corrected chi connectivity index (χ2v) is 25.6. The highest BCUT2D eigenvalue weighted by molar-refractivity contribution is 6.78. The van der Waals surface area contributed by atoms with Crippen molar-refractivity contribution in [1.82, 2.24) is 0 Å². The van der Waals surface area contributed by atoms with Crippen LogP contribution in [0.15, 0.2) is 24.3 Å². The number of hydrogen-bond donors (Lipinski definition) is 1. The number of fused-ring (bicyclic) bond motifs is 1. The zero-order chi connectivity index (χ0) is 33.3. The first-order valence-electron chi connectivity index (χ1n) is 16.9. The zero-order valence-electron chi connectivity index (χ0n) is 30.3. The third-order valence-electron chi connectivity index (χ3n) is 10.7. The molecule has 6 nitrogen and oxygen atoms in total. The minimum absolute atomic E-state index is 0.159. The predicted molar refractivity (Wildman–Crippen MR) is 188 cm³/mol. The summed E-state index contributed by atoms with van der Waals surface area (Å²) < 4.78 is 33.3. The van der Waals surface area contributed by atoms with Crippen LogP contribution in [0.2, 0.25) is 33.2 Å². The second kappa shape index (κ2) is 14.5. The van der Waals surface area contributed by atoms with E-state index in [2.05, 4.69) is 90.0 Å². The maximum atomic E-state index is 11.8. The molecule has 0 saturated carbocycles. The summed E-state index contributed by atoms with van der Waals surface area (Å²) in [6, 6.07) is 7.69. The van der Waals surface area contributed by atoms with Crippen LogP contribution in [-0.4, -0.2) is 54.3 Å². The van der Waals surface area contributed by atoms with Crippen molar-refractivity contribution in [2.75, 3.05) is 14.2 Å². The monoisotopic (exact) mass is 646 g/mol. The van der Waals surface area contributed by atoms with Gasteiger partial charge in [0.2, 0.25) is 16.6 Å². The molecule has 8 heteroatoms. The van der Waals surface area contributed by atoms with Gasteiger partial charge < -0.3 is 28.2 Å². The van der Waals surface area contributed by atoms with Crippen LogP contribution in [-0.2, 0) is 13.6 Å². The Balaban J connectivity index is 2.20. The number of rotatable bonds is 13. The molecule has 3 rings (SSSR count). The number of hydrogen-bond acceptors (Lipinski definition) is 6. The van der Waals surface area contributed by atoms with E-state index >= 15 is 0 Å². The fraction of sp³-hybridized carbons (Fsp3) is 0.722. The number of aromatic hydroxyl groups is 1. The van der Waals surface area contributed by atoms with E-state index in [9.17, 15) is 5.11 Å². The smallest absolute Gasteiger partial charge is 0.201 e. The van der Waals surface area contributed by atoms with Gasteiger partial charge in [-0.3, -0.25) is 0 Å². The largest absolute Gasteiger partial charge is 0.507 e. The Hall–Kier alpha value is -1.59. The van der Waals surface area contributed by atoms with E-state index < -0.39 is 16.6 Å². The normalized spacial score (nSPS) is 21.9. The lowest BCUT2D eigenvalue weighted by atomic mass is 9.92. The van der Waals surface area contributed by atoms with Crippen LogP contribution in [0.4, 0.5) is 0 Å². The molecule has 1 fully saturated rings. The van der Waals surface area contributed by atoms with Crippen LogP contribution >= 0.6 is 0 Å². The molecule has 0 radical (unpaired) electrons. The molecule has 0 unspecified atom stereocenters. The van der Waals surface area contributed by atoms with Crippen LogP contribution in [0.1, 0.15) is 108 Å². The van der Waals surface area contributed by atoms with Crippen LogP contribution in [0, 0.1) is 0 Å². The Kier molecular flexibility index (Phi) is 12.1. The molecular formula is C36H62O6Si2. The van der Waals surface area contributed by atoms with Gasteiger partial charge in [0.1, 0.15) is 17.2 Å². The summed E-state index contributed by atoms with van der Waals surface area (Å²) in [6.45, 7) is 30.2. The average Bonchev–Trinajstić information content (AvgIpc) is 2.93. The molecule has 1 aliphatic heterocycles. The molecule has 2 aromatic carbocycles. The number of methoxy groups -OCH3 is 2. The molecule has 1 heterocycles. The van der Waals surface area contributed by atoms with Crippen LogP contribution in [0.3, 0.4) is 0 Å². The summed E-state index contributed by atoms with van der Waals surface area (Å²) in [5.74, 6) is 1.46. The van der Waals surface area contributed by atoms with Crippen molar-refractivity contribution < 1.29 is 28.2 Å². The lowest BCUT2D eigenvalue weighted by molar-refractivity contribution is -0.155. The molecule has 0 aromatic heterocycles. The lowest BCUT2D eigenvalue weighted by Crippen LogP contribution is -2.61. The van der Waals surface area contributed by atoms with Crippen molar-refractivity contribution in [2.45, 2.75) is 154 Å². The van der Waals surface area contributed by atoms with Crippen molar-refractivity contribution in [1.29, 1.82) is 0 Å². The highest BCUT2D eigenvalue weighted by atomic mass is 28.4. The van der Waals surface area contributed by atoms with Crippen LogP contribution < -0.4 is 9.47 Å². The topological polar surface area (TPSA) is 66.4 Å². The molecule has 0 aliphatic carbocycles.